The molecule has 0 aliphatic heterocycles. The molecule has 0 N–H and O–H groups in total. The quantitative estimate of drug-likeness (QED) is 0.445. The highest BCUT2D eigenvalue weighted by molar-refractivity contribution is 6.31. The Balaban J connectivity index is 3.00. The Morgan fingerprint density at radius 1 is 1.73 bits per heavy atom. The number of pyridine rings is 1. The van der Waals surface area contributed by atoms with E-state index in [1.807, 2.05) is 0 Å². The highest BCUT2D eigenvalue weighted by Crippen LogP contribution is 2.19. The van der Waals surface area contributed by atoms with Crippen molar-refractivity contribution in [1.82, 2.24) is 4.98 Å². The molecule has 0 aliphatic carbocycles. The van der Waals surface area contributed by atoms with Crippen LogP contribution in [0.15, 0.2) is 12.3 Å². The van der Waals surface area contributed by atoms with E-state index in [4.69, 9.17) is 11.6 Å². The number of hydrogen-bond acceptors (Lipinski definition) is 5. The van der Waals surface area contributed by atoms with E-state index < -0.39 is 10.9 Å². The van der Waals surface area contributed by atoms with E-state index in [2.05, 4.69) is 9.72 Å². The van der Waals surface area contributed by atoms with Crippen molar-refractivity contribution in [2.75, 3.05) is 7.11 Å². The molecule has 0 fully saturated rings. The lowest BCUT2D eigenvalue weighted by Crippen LogP contribution is -2.06. The Morgan fingerprint density at radius 2 is 2.40 bits per heavy atom. The number of ether oxygens (including phenoxy) is 1. The molecule has 0 radical (unpaired) electrons. The minimum atomic E-state index is -0.656. The van der Waals surface area contributed by atoms with Gasteiger partial charge in [0, 0.05) is 6.07 Å². The molecule has 0 spiro atoms. The van der Waals surface area contributed by atoms with Crippen molar-refractivity contribution in [3.63, 3.8) is 0 Å². The first-order valence-electron chi connectivity index (χ1n) is 3.90. The van der Waals surface area contributed by atoms with Crippen LogP contribution in [0.1, 0.15) is 5.56 Å². The number of rotatable bonds is 3. The second-order valence-corrected chi connectivity index (χ2v) is 3.05. The van der Waals surface area contributed by atoms with Crippen molar-refractivity contribution >= 4 is 23.4 Å². The molecule has 0 aliphatic rings. The third-order valence-electron chi connectivity index (χ3n) is 1.67. The van der Waals surface area contributed by atoms with E-state index in [-0.39, 0.29) is 17.3 Å². The van der Waals surface area contributed by atoms with Gasteiger partial charge in [-0.15, -0.1) is 0 Å². The van der Waals surface area contributed by atoms with Crippen LogP contribution < -0.4 is 0 Å². The van der Waals surface area contributed by atoms with Gasteiger partial charge in [0.1, 0.15) is 0 Å². The molecular formula is C8H7ClN2O4. The van der Waals surface area contributed by atoms with Gasteiger partial charge in [-0.3, -0.25) is 4.79 Å². The average molecular weight is 231 g/mol. The lowest BCUT2D eigenvalue weighted by atomic mass is 10.2. The SMILES string of the molecule is COC(=O)Cc1cc([N+](=O)[O-])ncc1Cl. The highest BCUT2D eigenvalue weighted by atomic mass is 35.5. The number of esters is 1. The smallest absolute Gasteiger partial charge is 0.363 e. The van der Waals surface area contributed by atoms with E-state index in [0.29, 0.717) is 5.56 Å². The van der Waals surface area contributed by atoms with Gasteiger partial charge in [0.15, 0.2) is 6.20 Å². The first-order chi connectivity index (χ1) is 7.04. The van der Waals surface area contributed by atoms with Gasteiger partial charge in [0.2, 0.25) is 0 Å². The third-order valence-corrected chi connectivity index (χ3v) is 2.01. The van der Waals surface area contributed by atoms with E-state index >= 15 is 0 Å². The second-order valence-electron chi connectivity index (χ2n) is 2.64. The van der Waals surface area contributed by atoms with Crippen molar-refractivity contribution in [2.24, 2.45) is 0 Å². The molecule has 7 heteroatoms. The topological polar surface area (TPSA) is 82.3 Å². The largest absolute Gasteiger partial charge is 0.469 e. The predicted octanol–water partition coefficient (Wildman–Crippen LogP) is 1.36. The van der Waals surface area contributed by atoms with Crippen LogP contribution in [0, 0.1) is 10.1 Å². The Hall–Kier alpha value is -1.69. The summed E-state index contributed by atoms with van der Waals surface area (Å²) in [6, 6.07) is 1.15. The fourth-order valence-electron chi connectivity index (χ4n) is 0.931. The lowest BCUT2D eigenvalue weighted by molar-refractivity contribution is -0.389. The molecule has 0 unspecified atom stereocenters. The molecule has 1 aromatic rings. The summed E-state index contributed by atoms with van der Waals surface area (Å²) in [6.07, 6.45) is 1.02. The summed E-state index contributed by atoms with van der Waals surface area (Å²) in [5, 5.41) is 10.6. The summed E-state index contributed by atoms with van der Waals surface area (Å²) in [5.74, 6) is -0.865. The van der Waals surface area contributed by atoms with Crippen LogP contribution in [0.25, 0.3) is 0 Å². The van der Waals surface area contributed by atoms with E-state index in [1.165, 1.54) is 7.11 Å². The van der Waals surface area contributed by atoms with E-state index in [9.17, 15) is 14.9 Å². The molecule has 0 atom stereocenters. The van der Waals surface area contributed by atoms with Gasteiger partial charge in [-0.25, -0.2) is 0 Å². The molecule has 1 heterocycles. The number of nitrogens with zero attached hydrogens (tertiary/aromatic N) is 2. The van der Waals surface area contributed by atoms with Crippen LogP contribution >= 0.6 is 11.6 Å². The van der Waals surface area contributed by atoms with Gasteiger partial charge in [0.05, 0.1) is 18.6 Å². The highest BCUT2D eigenvalue weighted by Gasteiger charge is 2.14. The predicted molar refractivity (Wildman–Crippen MR) is 51.6 cm³/mol. The van der Waals surface area contributed by atoms with Crippen LogP contribution in [0.3, 0.4) is 0 Å². The zero-order valence-corrected chi connectivity index (χ0v) is 8.52. The monoisotopic (exact) mass is 230 g/mol. The van der Waals surface area contributed by atoms with Crippen LogP contribution in [0.5, 0.6) is 0 Å². The number of halogens is 1. The molecular weight excluding hydrogens is 224 g/mol. The van der Waals surface area contributed by atoms with Crippen molar-refractivity contribution in [3.05, 3.63) is 33.0 Å². The van der Waals surface area contributed by atoms with Crippen molar-refractivity contribution < 1.29 is 14.5 Å². The Morgan fingerprint density at radius 3 is 2.93 bits per heavy atom. The molecule has 1 aromatic heterocycles. The zero-order valence-electron chi connectivity index (χ0n) is 7.77. The normalized spacial score (nSPS) is 9.73. The molecule has 80 valence electrons. The van der Waals surface area contributed by atoms with Gasteiger partial charge in [0.25, 0.3) is 0 Å². The fraction of sp³-hybridized carbons (Fsp3) is 0.250. The summed E-state index contributed by atoms with van der Waals surface area (Å²) in [5.41, 5.74) is 0.324. The summed E-state index contributed by atoms with van der Waals surface area (Å²) >= 11 is 5.71. The second kappa shape index (κ2) is 4.70. The molecule has 0 amide bonds. The molecule has 6 nitrogen and oxygen atoms in total. The Bertz CT molecular complexity index is 408. The minimum absolute atomic E-state index is 0.112. The number of aromatic nitrogens is 1. The standard InChI is InChI=1S/C8H7ClN2O4/c1-15-8(12)3-5-2-7(11(13)14)10-4-6(5)9/h2,4H,3H2,1H3. The van der Waals surface area contributed by atoms with Gasteiger partial charge < -0.3 is 14.9 Å². The van der Waals surface area contributed by atoms with Gasteiger partial charge in [-0.1, -0.05) is 11.6 Å². The maximum Gasteiger partial charge on any atom is 0.363 e. The maximum absolute atomic E-state index is 10.9. The first-order valence-corrected chi connectivity index (χ1v) is 4.28. The molecule has 0 bridgehead atoms. The lowest BCUT2D eigenvalue weighted by Gasteiger charge is -2.01. The summed E-state index contributed by atoms with van der Waals surface area (Å²) < 4.78 is 4.42. The van der Waals surface area contributed by atoms with Crippen LogP contribution in [-0.2, 0) is 16.0 Å². The average Bonchev–Trinajstić information content (AvgIpc) is 2.20. The number of carbonyl (C=O) groups is 1. The number of hydrogen-bond donors (Lipinski definition) is 0. The van der Waals surface area contributed by atoms with Gasteiger partial charge in [-0.05, 0) is 15.5 Å². The molecule has 15 heavy (non-hydrogen) atoms. The molecule has 1 rings (SSSR count). The van der Waals surface area contributed by atoms with E-state index in [0.717, 1.165) is 12.3 Å². The Kier molecular flexibility index (Phi) is 3.56. The van der Waals surface area contributed by atoms with Crippen LogP contribution in [0.4, 0.5) is 5.82 Å². The molecule has 0 saturated carbocycles. The van der Waals surface area contributed by atoms with Crippen molar-refractivity contribution in [2.45, 2.75) is 6.42 Å². The fourth-order valence-corrected chi connectivity index (χ4v) is 1.10. The maximum atomic E-state index is 10.9. The third kappa shape index (κ3) is 2.88. The zero-order chi connectivity index (χ0) is 11.4. The van der Waals surface area contributed by atoms with Crippen molar-refractivity contribution in [1.29, 1.82) is 0 Å². The summed E-state index contributed by atoms with van der Waals surface area (Å²) in [6.45, 7) is 0. The minimum Gasteiger partial charge on any atom is -0.469 e. The number of methoxy groups -OCH3 is 1. The molecule has 0 saturated heterocycles. The number of nitro groups is 1. The van der Waals surface area contributed by atoms with Gasteiger partial charge >= 0.3 is 11.8 Å². The summed E-state index contributed by atoms with van der Waals surface area (Å²) in [4.78, 5) is 24.2. The van der Waals surface area contributed by atoms with Gasteiger partial charge in [-0.2, -0.15) is 0 Å². The summed E-state index contributed by atoms with van der Waals surface area (Å²) in [7, 11) is 1.23. The van der Waals surface area contributed by atoms with E-state index in [1.54, 1.807) is 0 Å². The molecule has 0 aromatic carbocycles. The van der Waals surface area contributed by atoms with Crippen LogP contribution in [0.2, 0.25) is 5.02 Å². The first kappa shape index (κ1) is 11.4. The Labute approximate surface area is 90.0 Å². The number of carbonyl (C=O) groups excluding carboxylic acids is 1. The van der Waals surface area contributed by atoms with Crippen LogP contribution in [-0.4, -0.2) is 23.0 Å². The van der Waals surface area contributed by atoms with Crippen molar-refractivity contribution in [3.8, 4) is 0 Å².